The van der Waals surface area contributed by atoms with Gasteiger partial charge in [0.25, 0.3) is 0 Å². The third kappa shape index (κ3) is 2.59. The van der Waals surface area contributed by atoms with Crippen molar-refractivity contribution >= 4 is 28.2 Å². The van der Waals surface area contributed by atoms with Crippen LogP contribution in [0, 0.1) is 0 Å². The molecule has 4 rings (SSSR count). The Labute approximate surface area is 139 Å². The Morgan fingerprint density at radius 1 is 1.35 bits per heavy atom. The largest absolute Gasteiger partial charge is 0.355 e. The second-order valence-electron chi connectivity index (χ2n) is 6.02. The van der Waals surface area contributed by atoms with Crippen molar-refractivity contribution in [2.45, 2.75) is 32.1 Å². The van der Waals surface area contributed by atoms with Gasteiger partial charge in [0.05, 0.1) is 22.3 Å². The Bertz CT molecular complexity index is 823. The SMILES string of the molecule is CCc1csc(C2CCCN(c3ncnc4c3cnn4C)C2)n1. The molecule has 0 saturated carbocycles. The van der Waals surface area contributed by atoms with Crippen LogP contribution in [0.4, 0.5) is 5.82 Å². The molecule has 0 aromatic carbocycles. The minimum Gasteiger partial charge on any atom is -0.355 e. The molecule has 23 heavy (non-hydrogen) atoms. The number of aryl methyl sites for hydroxylation is 2. The lowest BCUT2D eigenvalue weighted by Crippen LogP contribution is -2.35. The number of rotatable bonds is 3. The molecular weight excluding hydrogens is 308 g/mol. The van der Waals surface area contributed by atoms with E-state index in [1.54, 1.807) is 22.3 Å². The summed E-state index contributed by atoms with van der Waals surface area (Å²) in [5.74, 6) is 1.50. The molecule has 1 aliphatic rings. The zero-order valence-electron chi connectivity index (χ0n) is 13.4. The Hall–Kier alpha value is -2.02. The van der Waals surface area contributed by atoms with Crippen LogP contribution < -0.4 is 4.90 Å². The van der Waals surface area contributed by atoms with Gasteiger partial charge in [-0.3, -0.25) is 4.68 Å². The molecule has 1 unspecified atom stereocenters. The molecule has 0 radical (unpaired) electrons. The second kappa shape index (κ2) is 5.88. The lowest BCUT2D eigenvalue weighted by Gasteiger charge is -2.32. The van der Waals surface area contributed by atoms with Gasteiger partial charge in [0.15, 0.2) is 5.65 Å². The molecule has 1 atom stereocenters. The number of hydrogen-bond acceptors (Lipinski definition) is 6. The van der Waals surface area contributed by atoms with Gasteiger partial charge in [-0.25, -0.2) is 15.0 Å². The Kier molecular flexibility index (Phi) is 3.72. The maximum absolute atomic E-state index is 4.79. The maximum Gasteiger partial charge on any atom is 0.163 e. The highest BCUT2D eigenvalue weighted by Crippen LogP contribution is 2.33. The van der Waals surface area contributed by atoms with Crippen LogP contribution in [0.15, 0.2) is 17.9 Å². The molecule has 6 nitrogen and oxygen atoms in total. The predicted octanol–water partition coefficient (Wildman–Crippen LogP) is 2.77. The summed E-state index contributed by atoms with van der Waals surface area (Å²) in [6.45, 7) is 4.16. The van der Waals surface area contributed by atoms with E-state index in [1.165, 1.54) is 17.1 Å². The first-order valence-electron chi connectivity index (χ1n) is 8.08. The molecule has 1 saturated heterocycles. The molecule has 1 fully saturated rings. The summed E-state index contributed by atoms with van der Waals surface area (Å²) in [4.78, 5) is 16.0. The quantitative estimate of drug-likeness (QED) is 0.740. The molecule has 0 bridgehead atoms. The first kappa shape index (κ1) is 14.6. The molecule has 0 aliphatic carbocycles. The van der Waals surface area contributed by atoms with Crippen molar-refractivity contribution in [2.75, 3.05) is 18.0 Å². The first-order chi connectivity index (χ1) is 11.3. The third-order valence-corrected chi connectivity index (χ3v) is 5.57. The van der Waals surface area contributed by atoms with Crippen LogP contribution in [0.1, 0.15) is 36.4 Å². The normalized spacial score (nSPS) is 18.7. The summed E-state index contributed by atoms with van der Waals surface area (Å²) in [6, 6.07) is 0. The lowest BCUT2D eigenvalue weighted by atomic mass is 9.98. The van der Waals surface area contributed by atoms with Gasteiger partial charge in [0, 0.05) is 31.4 Å². The zero-order valence-corrected chi connectivity index (χ0v) is 14.3. The van der Waals surface area contributed by atoms with Crippen LogP contribution in [-0.4, -0.2) is 37.8 Å². The minimum atomic E-state index is 0.496. The van der Waals surface area contributed by atoms with Crippen LogP contribution >= 0.6 is 11.3 Å². The summed E-state index contributed by atoms with van der Waals surface area (Å²) in [5.41, 5.74) is 2.10. The van der Waals surface area contributed by atoms with E-state index in [2.05, 4.69) is 32.3 Å². The van der Waals surface area contributed by atoms with Crippen LogP contribution in [0.2, 0.25) is 0 Å². The predicted molar refractivity (Wildman–Crippen MR) is 92.0 cm³/mol. The monoisotopic (exact) mass is 328 g/mol. The standard InChI is InChI=1S/C16H20N6S/c1-3-12-9-23-16(20-12)11-5-4-6-22(8-11)15-13-7-19-21(2)14(13)17-10-18-15/h7,9-11H,3-6,8H2,1-2H3. The number of nitrogens with zero attached hydrogens (tertiary/aromatic N) is 6. The summed E-state index contributed by atoms with van der Waals surface area (Å²) in [7, 11) is 1.92. The van der Waals surface area contributed by atoms with Crippen LogP contribution in [-0.2, 0) is 13.5 Å². The van der Waals surface area contributed by atoms with E-state index in [1.807, 2.05) is 13.2 Å². The molecule has 4 heterocycles. The second-order valence-corrected chi connectivity index (χ2v) is 6.91. The van der Waals surface area contributed by atoms with Crippen molar-refractivity contribution in [3.8, 4) is 0 Å². The molecule has 0 amide bonds. The summed E-state index contributed by atoms with van der Waals surface area (Å²) < 4.78 is 1.80. The van der Waals surface area contributed by atoms with E-state index in [4.69, 9.17) is 4.98 Å². The number of aromatic nitrogens is 5. The van der Waals surface area contributed by atoms with E-state index in [-0.39, 0.29) is 0 Å². The highest BCUT2D eigenvalue weighted by Gasteiger charge is 2.26. The van der Waals surface area contributed by atoms with Crippen molar-refractivity contribution in [1.82, 2.24) is 24.7 Å². The van der Waals surface area contributed by atoms with Crippen LogP contribution in [0.25, 0.3) is 11.0 Å². The summed E-state index contributed by atoms with van der Waals surface area (Å²) in [6.07, 6.45) is 6.88. The first-order valence-corrected chi connectivity index (χ1v) is 8.96. The number of thiazole rings is 1. The molecule has 3 aromatic rings. The molecule has 0 spiro atoms. The third-order valence-electron chi connectivity index (χ3n) is 4.51. The molecule has 0 N–H and O–H groups in total. The fraction of sp³-hybridized carbons (Fsp3) is 0.500. The fourth-order valence-corrected chi connectivity index (χ4v) is 4.28. The number of fused-ring (bicyclic) bond motifs is 1. The lowest BCUT2D eigenvalue weighted by molar-refractivity contribution is 0.505. The van der Waals surface area contributed by atoms with E-state index >= 15 is 0 Å². The summed E-state index contributed by atoms with van der Waals surface area (Å²) in [5, 5.41) is 8.81. The van der Waals surface area contributed by atoms with E-state index < -0.39 is 0 Å². The van der Waals surface area contributed by atoms with Gasteiger partial charge in [0.1, 0.15) is 12.1 Å². The molecule has 7 heteroatoms. The number of hydrogen-bond donors (Lipinski definition) is 0. The van der Waals surface area contributed by atoms with Gasteiger partial charge in [-0.05, 0) is 19.3 Å². The Morgan fingerprint density at radius 2 is 2.26 bits per heavy atom. The summed E-state index contributed by atoms with van der Waals surface area (Å²) >= 11 is 1.80. The van der Waals surface area contributed by atoms with Gasteiger partial charge < -0.3 is 4.90 Å². The minimum absolute atomic E-state index is 0.496. The van der Waals surface area contributed by atoms with Crippen molar-refractivity contribution in [3.05, 3.63) is 28.6 Å². The van der Waals surface area contributed by atoms with Crippen molar-refractivity contribution in [3.63, 3.8) is 0 Å². The zero-order chi connectivity index (χ0) is 15.8. The highest BCUT2D eigenvalue weighted by molar-refractivity contribution is 7.09. The number of anilines is 1. The van der Waals surface area contributed by atoms with Gasteiger partial charge in [-0.1, -0.05) is 6.92 Å². The number of piperidine rings is 1. The molecule has 120 valence electrons. The van der Waals surface area contributed by atoms with Crippen molar-refractivity contribution in [1.29, 1.82) is 0 Å². The van der Waals surface area contributed by atoms with Crippen molar-refractivity contribution < 1.29 is 0 Å². The Morgan fingerprint density at radius 3 is 3.09 bits per heavy atom. The van der Waals surface area contributed by atoms with Gasteiger partial charge in [-0.2, -0.15) is 5.10 Å². The fourth-order valence-electron chi connectivity index (χ4n) is 3.25. The van der Waals surface area contributed by atoms with E-state index in [9.17, 15) is 0 Å². The smallest absolute Gasteiger partial charge is 0.163 e. The van der Waals surface area contributed by atoms with E-state index in [0.29, 0.717) is 5.92 Å². The Balaban J connectivity index is 1.63. The van der Waals surface area contributed by atoms with Gasteiger partial charge >= 0.3 is 0 Å². The average molecular weight is 328 g/mol. The average Bonchev–Trinajstić information content (AvgIpc) is 3.22. The topological polar surface area (TPSA) is 59.7 Å². The van der Waals surface area contributed by atoms with Crippen molar-refractivity contribution in [2.24, 2.45) is 7.05 Å². The van der Waals surface area contributed by atoms with Gasteiger partial charge in [0.2, 0.25) is 0 Å². The molecule has 3 aromatic heterocycles. The van der Waals surface area contributed by atoms with Crippen LogP contribution in [0.3, 0.4) is 0 Å². The molecule has 1 aliphatic heterocycles. The van der Waals surface area contributed by atoms with Gasteiger partial charge in [-0.15, -0.1) is 11.3 Å². The van der Waals surface area contributed by atoms with E-state index in [0.717, 1.165) is 42.8 Å². The maximum atomic E-state index is 4.79. The molecular formula is C16H20N6S. The highest BCUT2D eigenvalue weighted by atomic mass is 32.1. The van der Waals surface area contributed by atoms with Crippen LogP contribution in [0.5, 0.6) is 0 Å².